The molecule has 5 N–H and O–H groups in total. The highest BCUT2D eigenvalue weighted by Crippen LogP contribution is 2.50. The normalized spacial score (nSPS) is 22.4. The predicted molar refractivity (Wildman–Crippen MR) is 133 cm³/mol. The number of likely N-dealkylation sites (N-methyl/N-ethyl adjacent to an activating group) is 1. The van der Waals surface area contributed by atoms with Gasteiger partial charge in [0.15, 0.2) is 0 Å². The number of carbonyl (C=O) groups is 4. The van der Waals surface area contributed by atoms with E-state index in [0.29, 0.717) is 29.2 Å². The zero-order valence-electron chi connectivity index (χ0n) is 20.2. The molecule has 1 fully saturated rings. The number of hydrogen-bond donors (Lipinski definition) is 5. The number of aldehydes is 1. The highest BCUT2D eigenvalue weighted by Gasteiger charge is 2.59. The molecule has 3 rings (SSSR count). The first-order chi connectivity index (χ1) is 16.6. The van der Waals surface area contributed by atoms with E-state index >= 15 is 0 Å². The molecule has 0 spiro atoms. The summed E-state index contributed by atoms with van der Waals surface area (Å²) in [5.74, 6) is -2.44. The van der Waals surface area contributed by atoms with E-state index in [1.807, 2.05) is 19.9 Å². The summed E-state index contributed by atoms with van der Waals surface area (Å²) in [6.45, 7) is 6.05. The van der Waals surface area contributed by atoms with Crippen molar-refractivity contribution in [3.05, 3.63) is 40.4 Å². The molecule has 10 nitrogen and oxygen atoms in total. The van der Waals surface area contributed by atoms with Crippen LogP contribution in [-0.2, 0) is 14.4 Å². The van der Waals surface area contributed by atoms with Crippen molar-refractivity contribution in [1.82, 2.24) is 10.2 Å². The quantitative estimate of drug-likeness (QED) is 0.221. The standard InChI is InChI=1S/C16H24N2O5S.C8H9NO2/c1-4-17-10(7-19)5-6-24-14-8(2)12-11(9(3)20)15(21)18(12)13(14)16(22)23;1-9-7-4-2-3-6(5-7)8(10)11/h7-12,17,20H,4-6H2,1-3H3,(H,22,23);2-5,9H,1H3,(H,10,11). The Kier molecular flexibility index (Phi) is 10.3. The third kappa shape index (κ3) is 6.41. The van der Waals surface area contributed by atoms with Gasteiger partial charge in [0.25, 0.3) is 0 Å². The van der Waals surface area contributed by atoms with Gasteiger partial charge in [-0.25, -0.2) is 9.59 Å². The largest absolute Gasteiger partial charge is 0.478 e. The molecule has 0 radical (unpaired) electrons. The number of aliphatic hydroxyl groups excluding tert-OH is 1. The minimum absolute atomic E-state index is 0.0329. The first kappa shape index (κ1) is 28.3. The lowest BCUT2D eigenvalue weighted by atomic mass is 9.79. The summed E-state index contributed by atoms with van der Waals surface area (Å²) in [5, 5.41) is 33.8. The Hall–Kier alpha value is -2.89. The van der Waals surface area contributed by atoms with Crippen molar-refractivity contribution in [2.24, 2.45) is 11.8 Å². The van der Waals surface area contributed by atoms with E-state index < -0.39 is 24.0 Å². The molecule has 0 aromatic heterocycles. The predicted octanol–water partition coefficient (Wildman–Crippen LogP) is 1.87. The summed E-state index contributed by atoms with van der Waals surface area (Å²) in [5.41, 5.74) is 1.15. The summed E-state index contributed by atoms with van der Waals surface area (Å²) in [6, 6.07) is 6.12. The molecular weight excluding hydrogens is 474 g/mol. The molecule has 5 atom stereocenters. The monoisotopic (exact) mass is 507 g/mol. The van der Waals surface area contributed by atoms with Crippen LogP contribution in [-0.4, -0.2) is 81.9 Å². The number of benzene rings is 1. The second-order valence-corrected chi connectivity index (χ2v) is 9.48. The topological polar surface area (TPSA) is 156 Å². The van der Waals surface area contributed by atoms with Gasteiger partial charge in [-0.05, 0) is 43.8 Å². The number of nitrogens with one attached hydrogen (secondary N) is 2. The number of anilines is 1. The molecule has 2 aliphatic rings. The van der Waals surface area contributed by atoms with Gasteiger partial charge in [-0.15, -0.1) is 11.8 Å². The lowest BCUT2D eigenvalue weighted by molar-refractivity contribution is -0.163. The van der Waals surface area contributed by atoms with E-state index in [1.165, 1.54) is 16.7 Å². The van der Waals surface area contributed by atoms with Gasteiger partial charge in [-0.2, -0.15) is 0 Å². The Labute approximate surface area is 208 Å². The maximum atomic E-state index is 12.2. The summed E-state index contributed by atoms with van der Waals surface area (Å²) >= 11 is 1.39. The van der Waals surface area contributed by atoms with E-state index in [4.69, 9.17) is 5.11 Å². The van der Waals surface area contributed by atoms with Crippen LogP contribution < -0.4 is 10.6 Å². The van der Waals surface area contributed by atoms with E-state index in [-0.39, 0.29) is 29.6 Å². The maximum Gasteiger partial charge on any atom is 0.353 e. The summed E-state index contributed by atoms with van der Waals surface area (Å²) < 4.78 is 0. The van der Waals surface area contributed by atoms with Crippen LogP contribution in [0.25, 0.3) is 0 Å². The van der Waals surface area contributed by atoms with E-state index in [0.717, 1.165) is 12.0 Å². The van der Waals surface area contributed by atoms with Crippen molar-refractivity contribution >= 4 is 41.6 Å². The number of aliphatic carboxylic acids is 1. The molecule has 5 unspecified atom stereocenters. The van der Waals surface area contributed by atoms with Gasteiger partial charge in [0, 0.05) is 23.6 Å². The first-order valence-corrected chi connectivity index (χ1v) is 12.4. The Bertz CT molecular complexity index is 982. The molecule has 1 amide bonds. The van der Waals surface area contributed by atoms with Crippen LogP contribution in [0.5, 0.6) is 0 Å². The average molecular weight is 508 g/mol. The number of hydrogen-bond acceptors (Lipinski definition) is 8. The number of aliphatic hydroxyl groups is 1. The molecule has 11 heteroatoms. The lowest BCUT2D eigenvalue weighted by Gasteiger charge is -2.46. The number of carboxylic acids is 2. The average Bonchev–Trinajstić information content (AvgIpc) is 3.06. The van der Waals surface area contributed by atoms with Crippen LogP contribution in [0.1, 0.15) is 37.6 Å². The fourth-order valence-electron chi connectivity index (χ4n) is 4.30. The molecular formula is C24H33N3O7S. The molecule has 2 aliphatic heterocycles. The number of carbonyl (C=O) groups excluding carboxylic acids is 2. The van der Waals surface area contributed by atoms with E-state index in [2.05, 4.69) is 10.6 Å². The Morgan fingerprint density at radius 2 is 1.94 bits per heavy atom. The third-order valence-electron chi connectivity index (χ3n) is 6.03. The van der Waals surface area contributed by atoms with Gasteiger partial charge >= 0.3 is 11.9 Å². The maximum absolute atomic E-state index is 12.2. The Balaban J connectivity index is 0.000000328. The molecule has 0 bridgehead atoms. The minimum atomic E-state index is -1.12. The van der Waals surface area contributed by atoms with Crippen LogP contribution in [0.2, 0.25) is 0 Å². The molecule has 192 valence electrons. The van der Waals surface area contributed by atoms with Crippen molar-refractivity contribution < 1.29 is 34.5 Å². The first-order valence-electron chi connectivity index (χ1n) is 11.4. The highest BCUT2D eigenvalue weighted by atomic mass is 32.2. The highest BCUT2D eigenvalue weighted by molar-refractivity contribution is 8.03. The number of aromatic carboxylic acids is 1. The van der Waals surface area contributed by atoms with Crippen LogP contribution in [0.4, 0.5) is 5.69 Å². The molecule has 1 saturated heterocycles. The molecule has 1 aromatic carbocycles. The van der Waals surface area contributed by atoms with Crippen molar-refractivity contribution in [1.29, 1.82) is 0 Å². The van der Waals surface area contributed by atoms with Crippen LogP contribution in [0.3, 0.4) is 0 Å². The molecule has 35 heavy (non-hydrogen) atoms. The van der Waals surface area contributed by atoms with Gasteiger partial charge in [0.2, 0.25) is 5.91 Å². The van der Waals surface area contributed by atoms with Crippen molar-refractivity contribution in [3.8, 4) is 0 Å². The van der Waals surface area contributed by atoms with Crippen molar-refractivity contribution in [2.45, 2.75) is 45.4 Å². The Morgan fingerprint density at radius 1 is 1.26 bits per heavy atom. The molecule has 2 heterocycles. The molecule has 0 saturated carbocycles. The van der Waals surface area contributed by atoms with Gasteiger partial charge < -0.3 is 35.6 Å². The number of carboxylic acid groups (broad SMARTS) is 2. The minimum Gasteiger partial charge on any atom is -0.478 e. The number of rotatable bonds is 11. The summed E-state index contributed by atoms with van der Waals surface area (Å²) in [7, 11) is 1.75. The third-order valence-corrected chi connectivity index (χ3v) is 7.34. The van der Waals surface area contributed by atoms with E-state index in [1.54, 1.807) is 32.2 Å². The second-order valence-electron chi connectivity index (χ2n) is 8.35. The van der Waals surface area contributed by atoms with Gasteiger partial charge in [0.1, 0.15) is 12.0 Å². The van der Waals surface area contributed by atoms with Gasteiger partial charge in [0.05, 0.1) is 29.7 Å². The van der Waals surface area contributed by atoms with Crippen molar-refractivity contribution in [3.63, 3.8) is 0 Å². The van der Waals surface area contributed by atoms with Crippen LogP contribution in [0, 0.1) is 11.8 Å². The van der Waals surface area contributed by atoms with Crippen LogP contribution >= 0.6 is 11.8 Å². The fraction of sp³-hybridized carbons (Fsp3) is 0.500. The van der Waals surface area contributed by atoms with Gasteiger partial charge in [-0.3, -0.25) is 4.79 Å². The summed E-state index contributed by atoms with van der Waals surface area (Å²) in [4.78, 5) is 47.2. The Morgan fingerprint density at radius 3 is 2.46 bits per heavy atom. The smallest absolute Gasteiger partial charge is 0.353 e. The van der Waals surface area contributed by atoms with Crippen molar-refractivity contribution in [2.75, 3.05) is 24.7 Å². The second kappa shape index (κ2) is 12.7. The molecule has 0 aliphatic carbocycles. The number of fused-ring (bicyclic) bond motifs is 1. The van der Waals surface area contributed by atoms with Crippen LogP contribution in [0.15, 0.2) is 34.9 Å². The zero-order chi connectivity index (χ0) is 26.3. The number of β-lactam (4-membered cyclic amide) rings is 1. The van der Waals surface area contributed by atoms with Gasteiger partial charge in [-0.1, -0.05) is 19.9 Å². The fourth-order valence-corrected chi connectivity index (χ4v) is 5.62. The number of amides is 1. The number of nitrogens with zero attached hydrogens (tertiary/aromatic N) is 1. The number of thioether (sulfide) groups is 1. The molecule has 1 aromatic rings. The van der Waals surface area contributed by atoms with E-state index in [9.17, 15) is 29.4 Å². The SMILES string of the molecule is CCNC(C=O)CCSC1=C(C(=O)O)N2C(=O)C(C(C)O)C2C1C.CNc1cccc(C(=O)O)c1. The summed E-state index contributed by atoms with van der Waals surface area (Å²) in [6.07, 6.45) is 0.645. The zero-order valence-corrected chi connectivity index (χ0v) is 21.0. The lowest BCUT2D eigenvalue weighted by Crippen LogP contribution is -2.63.